The van der Waals surface area contributed by atoms with Crippen molar-refractivity contribution < 1.29 is 47.6 Å². The van der Waals surface area contributed by atoms with Crippen molar-refractivity contribution in [2.75, 3.05) is 0 Å². The molecule has 6 heteroatoms. The summed E-state index contributed by atoms with van der Waals surface area (Å²) in [6, 6.07) is 0. The van der Waals surface area contributed by atoms with Gasteiger partial charge in [0.2, 0.25) is 0 Å². The van der Waals surface area contributed by atoms with Crippen molar-refractivity contribution >= 4 is 10.1 Å². The van der Waals surface area contributed by atoms with E-state index in [2.05, 4.69) is 13.8 Å². The number of hydrogen-bond acceptors (Lipinski definition) is 4. The normalized spacial score (nSPS) is 14.4. The fraction of sp³-hybridized carbons (Fsp3) is 1.00. The molecule has 0 saturated heterocycles. The summed E-state index contributed by atoms with van der Waals surface area (Å²) >= 11 is 0. The van der Waals surface area contributed by atoms with Crippen LogP contribution in [0.3, 0.4) is 0 Å². The fourth-order valence-corrected chi connectivity index (χ4v) is 3.50. The maximum atomic E-state index is 11.3. The summed E-state index contributed by atoms with van der Waals surface area (Å²) in [6.45, 7) is 4.23. The summed E-state index contributed by atoms with van der Waals surface area (Å²) in [4.78, 5) is 0. The molecule has 0 rings (SSSR count). The Morgan fingerprint density at radius 2 is 1.32 bits per heavy atom. The Morgan fingerprint density at radius 3 is 1.86 bits per heavy atom. The number of rotatable bonds is 14. The van der Waals surface area contributed by atoms with Gasteiger partial charge in [-0.3, -0.25) is 0 Å². The van der Waals surface area contributed by atoms with Gasteiger partial charge in [0.1, 0.15) is 0 Å². The van der Waals surface area contributed by atoms with Crippen molar-refractivity contribution in [3.63, 3.8) is 0 Å². The van der Waals surface area contributed by atoms with E-state index in [1.807, 2.05) is 0 Å². The van der Waals surface area contributed by atoms with E-state index in [1.54, 1.807) is 0 Å². The molecule has 0 aromatic rings. The SMILES string of the molecule is CCCCCCCCC(CC(O)CCCCC)S(=O)(=O)[O-].[Na+]. The van der Waals surface area contributed by atoms with Gasteiger partial charge in [-0.15, -0.1) is 0 Å². The Labute approximate surface area is 159 Å². The third-order valence-electron chi connectivity index (χ3n) is 3.96. The van der Waals surface area contributed by atoms with Gasteiger partial charge in [0, 0.05) is 0 Å². The van der Waals surface area contributed by atoms with Gasteiger partial charge in [0.25, 0.3) is 0 Å². The average molecular weight is 344 g/mol. The molecule has 4 nitrogen and oxygen atoms in total. The van der Waals surface area contributed by atoms with E-state index in [0.717, 1.165) is 38.5 Å². The maximum Gasteiger partial charge on any atom is 1.00 e. The van der Waals surface area contributed by atoms with Gasteiger partial charge >= 0.3 is 29.6 Å². The van der Waals surface area contributed by atoms with Gasteiger partial charge < -0.3 is 9.66 Å². The summed E-state index contributed by atoms with van der Waals surface area (Å²) in [5, 5.41) is 8.96. The van der Waals surface area contributed by atoms with Crippen LogP contribution in [0.15, 0.2) is 0 Å². The van der Waals surface area contributed by atoms with Crippen LogP contribution in [0.5, 0.6) is 0 Å². The summed E-state index contributed by atoms with van der Waals surface area (Å²) in [7, 11) is -4.30. The molecular formula is C16H33NaO4S. The van der Waals surface area contributed by atoms with Gasteiger partial charge in [0.05, 0.1) is 21.5 Å². The molecule has 0 bridgehead atoms. The van der Waals surface area contributed by atoms with Crippen LogP contribution in [-0.2, 0) is 10.1 Å². The topological polar surface area (TPSA) is 77.4 Å². The predicted molar refractivity (Wildman–Crippen MR) is 86.2 cm³/mol. The predicted octanol–water partition coefficient (Wildman–Crippen LogP) is 0.986. The van der Waals surface area contributed by atoms with E-state index >= 15 is 0 Å². The molecule has 0 heterocycles. The third kappa shape index (κ3) is 14.5. The summed E-state index contributed by atoms with van der Waals surface area (Å²) < 4.78 is 33.9. The van der Waals surface area contributed by atoms with Crippen LogP contribution in [0, 0.1) is 0 Å². The Balaban J connectivity index is 0. The molecule has 2 atom stereocenters. The van der Waals surface area contributed by atoms with Gasteiger partial charge in [-0.2, -0.15) is 0 Å². The number of unbranched alkanes of at least 4 members (excludes halogenated alkanes) is 7. The molecule has 128 valence electrons. The molecule has 0 aliphatic heterocycles. The summed E-state index contributed by atoms with van der Waals surface area (Å²) in [5.41, 5.74) is 0. The van der Waals surface area contributed by atoms with Crippen molar-refractivity contribution in [3.8, 4) is 0 Å². The second-order valence-electron chi connectivity index (χ2n) is 6.06. The molecule has 22 heavy (non-hydrogen) atoms. The molecule has 0 spiro atoms. The van der Waals surface area contributed by atoms with E-state index in [9.17, 15) is 18.1 Å². The van der Waals surface area contributed by atoms with Crippen LogP contribution < -0.4 is 29.6 Å². The zero-order valence-corrected chi connectivity index (χ0v) is 17.5. The van der Waals surface area contributed by atoms with Crippen LogP contribution in [0.2, 0.25) is 0 Å². The van der Waals surface area contributed by atoms with E-state index in [-0.39, 0.29) is 36.0 Å². The molecule has 0 fully saturated rings. The Hall–Kier alpha value is 0.870. The molecule has 0 aromatic carbocycles. The fourth-order valence-electron chi connectivity index (χ4n) is 2.58. The molecule has 1 N–H and O–H groups in total. The van der Waals surface area contributed by atoms with Crippen molar-refractivity contribution in [1.82, 2.24) is 0 Å². The second kappa shape index (κ2) is 15.4. The molecular weight excluding hydrogens is 311 g/mol. The van der Waals surface area contributed by atoms with Crippen LogP contribution in [0.25, 0.3) is 0 Å². The number of aliphatic hydroxyl groups is 1. The van der Waals surface area contributed by atoms with E-state index < -0.39 is 21.5 Å². The summed E-state index contributed by atoms with van der Waals surface area (Å²) in [6.07, 6.45) is 9.80. The molecule has 0 amide bonds. The van der Waals surface area contributed by atoms with E-state index in [0.29, 0.717) is 12.8 Å². The van der Waals surface area contributed by atoms with Gasteiger partial charge in [-0.25, -0.2) is 8.42 Å². The first-order valence-corrected chi connectivity index (χ1v) is 10.0. The molecule has 0 saturated carbocycles. The zero-order chi connectivity index (χ0) is 16.1. The Kier molecular flexibility index (Phi) is 17.6. The van der Waals surface area contributed by atoms with Crippen LogP contribution >= 0.6 is 0 Å². The van der Waals surface area contributed by atoms with E-state index in [4.69, 9.17) is 0 Å². The molecule has 0 aliphatic rings. The van der Waals surface area contributed by atoms with Crippen molar-refractivity contribution in [1.29, 1.82) is 0 Å². The molecule has 0 aromatic heterocycles. The quantitative estimate of drug-likeness (QED) is 0.290. The number of aliphatic hydroxyl groups excluding tert-OH is 1. The second-order valence-corrected chi connectivity index (χ2v) is 7.71. The van der Waals surface area contributed by atoms with Crippen LogP contribution in [-0.4, -0.2) is 29.4 Å². The minimum Gasteiger partial charge on any atom is -0.748 e. The Bertz CT molecular complexity index is 333. The third-order valence-corrected chi connectivity index (χ3v) is 5.21. The van der Waals surface area contributed by atoms with Gasteiger partial charge in [-0.1, -0.05) is 71.6 Å². The average Bonchev–Trinajstić information content (AvgIpc) is 2.40. The maximum absolute atomic E-state index is 11.3. The number of hydrogen-bond donors (Lipinski definition) is 1. The summed E-state index contributed by atoms with van der Waals surface area (Å²) in [5.74, 6) is 0. The molecule has 0 aliphatic carbocycles. The Morgan fingerprint density at radius 1 is 0.864 bits per heavy atom. The smallest absolute Gasteiger partial charge is 0.748 e. The van der Waals surface area contributed by atoms with Crippen molar-refractivity contribution in [2.24, 2.45) is 0 Å². The van der Waals surface area contributed by atoms with E-state index in [1.165, 1.54) is 19.3 Å². The first-order chi connectivity index (χ1) is 9.91. The van der Waals surface area contributed by atoms with Crippen LogP contribution in [0.1, 0.15) is 90.9 Å². The first-order valence-electron chi connectivity index (χ1n) is 8.54. The van der Waals surface area contributed by atoms with Crippen molar-refractivity contribution in [3.05, 3.63) is 0 Å². The van der Waals surface area contributed by atoms with Crippen molar-refractivity contribution in [2.45, 2.75) is 102 Å². The molecule has 0 radical (unpaired) electrons. The monoisotopic (exact) mass is 344 g/mol. The standard InChI is InChI=1S/C16H34O4S.Na/c1-3-5-7-8-9-11-13-16(21(18,19)20)14-15(17)12-10-6-4-2;/h15-17H,3-14H2,1-2H3,(H,18,19,20);/q;+1/p-1. The van der Waals surface area contributed by atoms with Crippen LogP contribution in [0.4, 0.5) is 0 Å². The minimum atomic E-state index is -4.30. The zero-order valence-electron chi connectivity index (χ0n) is 14.7. The first kappa shape index (κ1) is 25.1. The minimum absolute atomic E-state index is 0. The van der Waals surface area contributed by atoms with Gasteiger partial charge in [0.15, 0.2) is 0 Å². The van der Waals surface area contributed by atoms with Gasteiger partial charge in [-0.05, 0) is 19.3 Å². The largest absolute Gasteiger partial charge is 1.00 e. The molecule has 2 unspecified atom stereocenters.